The van der Waals surface area contributed by atoms with E-state index in [1.54, 1.807) is 21.9 Å². The Balaban J connectivity index is 1.19. The van der Waals surface area contributed by atoms with Gasteiger partial charge in [-0.15, -0.1) is 0 Å². The van der Waals surface area contributed by atoms with E-state index in [1.807, 2.05) is 66.4 Å². The summed E-state index contributed by atoms with van der Waals surface area (Å²) < 4.78 is 5.60. The van der Waals surface area contributed by atoms with Gasteiger partial charge in [0.15, 0.2) is 0 Å². The number of amides is 4. The van der Waals surface area contributed by atoms with Crippen LogP contribution in [0, 0.1) is 5.92 Å². The summed E-state index contributed by atoms with van der Waals surface area (Å²) in [6.07, 6.45) is 4.37. The quantitative estimate of drug-likeness (QED) is 0.213. The molecule has 6 rings (SSSR count). The lowest BCUT2D eigenvalue weighted by Gasteiger charge is -2.46. The Morgan fingerprint density at radius 1 is 0.796 bits per heavy atom. The summed E-state index contributed by atoms with van der Waals surface area (Å²) in [7, 11) is 0. The highest BCUT2D eigenvalue weighted by molar-refractivity contribution is 6.36. The summed E-state index contributed by atoms with van der Waals surface area (Å²) in [6, 6.07) is 24.4. The second-order valence-electron chi connectivity index (χ2n) is 15.4. The van der Waals surface area contributed by atoms with E-state index >= 15 is 0 Å². The van der Waals surface area contributed by atoms with E-state index in [0.29, 0.717) is 58.6 Å². The minimum absolute atomic E-state index is 0.0122. The summed E-state index contributed by atoms with van der Waals surface area (Å²) in [5.74, 6) is -0.758. The molecule has 0 spiro atoms. The minimum atomic E-state index is -0.590. The number of nitrogens with one attached hydrogen (secondary N) is 1. The molecule has 0 bridgehead atoms. The first-order valence-electron chi connectivity index (χ1n) is 19.6. The number of piperazine rings is 2. The van der Waals surface area contributed by atoms with E-state index in [0.717, 1.165) is 48.2 Å². The maximum Gasteiger partial charge on any atom is 0.312 e. The van der Waals surface area contributed by atoms with Crippen molar-refractivity contribution < 1.29 is 29.0 Å². The van der Waals surface area contributed by atoms with Crippen LogP contribution in [0.1, 0.15) is 56.7 Å². The van der Waals surface area contributed by atoms with E-state index in [2.05, 4.69) is 36.2 Å². The van der Waals surface area contributed by atoms with E-state index < -0.39 is 23.6 Å². The normalized spacial score (nSPS) is 21.6. The lowest BCUT2D eigenvalue weighted by molar-refractivity contribution is -0.161. The predicted molar refractivity (Wildman–Crippen MR) is 207 cm³/mol. The van der Waals surface area contributed by atoms with Crippen molar-refractivity contribution in [1.29, 1.82) is 0 Å². The Kier molecular flexibility index (Phi) is 12.9. The number of carbonyl (C=O) groups is 4. The molecule has 3 aliphatic heterocycles. The van der Waals surface area contributed by atoms with Gasteiger partial charge in [-0.2, -0.15) is 0 Å². The molecule has 3 heterocycles. The van der Waals surface area contributed by atoms with Gasteiger partial charge >= 0.3 is 23.6 Å². The Morgan fingerprint density at radius 2 is 1.48 bits per heavy atom. The highest BCUT2D eigenvalue weighted by atomic mass is 16.5. The van der Waals surface area contributed by atoms with Gasteiger partial charge in [-0.3, -0.25) is 24.1 Å². The van der Waals surface area contributed by atoms with E-state index in [-0.39, 0.29) is 35.8 Å². The van der Waals surface area contributed by atoms with Crippen molar-refractivity contribution >= 4 is 23.6 Å². The van der Waals surface area contributed by atoms with Gasteiger partial charge in [0.05, 0.1) is 18.7 Å². The fourth-order valence-electron chi connectivity index (χ4n) is 8.34. The standard InChI is InChI=1S/C43H55N5O6/c1-4-54-39-18-14-31(15-19-39)20-22-46-37(25-32-9-6-5-7-10-32)29-48(43(53)42(46)52)36(23-30(2)3)27-45-21-8-11-34(45)28-47-35(26-44-40(50)41(47)51)24-33-12-16-38(49)17-13-33/h5-7,9-10,12-19,30,34-37,49H,4,8,11,20-29H2,1-3H3,(H,44,50)/t34-,35-,36-,37-/m0/s1. The van der Waals surface area contributed by atoms with E-state index in [1.165, 1.54) is 0 Å². The number of nitrogens with zero attached hydrogens (tertiary/aromatic N) is 4. The van der Waals surface area contributed by atoms with E-state index in [4.69, 9.17) is 4.74 Å². The van der Waals surface area contributed by atoms with Crippen LogP contribution in [-0.2, 0) is 38.4 Å². The molecule has 0 saturated carbocycles. The molecule has 0 aliphatic carbocycles. The van der Waals surface area contributed by atoms with Crippen LogP contribution in [-0.4, -0.2) is 118 Å². The number of aromatic hydroxyl groups is 1. The molecule has 54 heavy (non-hydrogen) atoms. The summed E-state index contributed by atoms with van der Waals surface area (Å²) in [5, 5.41) is 12.5. The first-order chi connectivity index (χ1) is 26.1. The summed E-state index contributed by atoms with van der Waals surface area (Å²) in [6.45, 7) is 9.89. The molecule has 4 atom stereocenters. The van der Waals surface area contributed by atoms with Gasteiger partial charge in [-0.25, -0.2) is 0 Å². The van der Waals surface area contributed by atoms with Crippen LogP contribution in [0.25, 0.3) is 0 Å². The smallest absolute Gasteiger partial charge is 0.312 e. The lowest BCUT2D eigenvalue weighted by atomic mass is 9.96. The predicted octanol–water partition coefficient (Wildman–Crippen LogP) is 4.06. The fraction of sp³-hybridized carbons (Fsp3) is 0.488. The molecular weight excluding hydrogens is 683 g/mol. The van der Waals surface area contributed by atoms with Crippen molar-refractivity contribution in [2.45, 2.75) is 83.5 Å². The molecule has 3 saturated heterocycles. The Morgan fingerprint density at radius 3 is 2.19 bits per heavy atom. The van der Waals surface area contributed by atoms with Gasteiger partial charge in [0.25, 0.3) is 0 Å². The molecule has 3 fully saturated rings. The average Bonchev–Trinajstić information content (AvgIpc) is 3.60. The summed E-state index contributed by atoms with van der Waals surface area (Å²) >= 11 is 0. The molecule has 0 radical (unpaired) electrons. The van der Waals surface area contributed by atoms with Gasteiger partial charge < -0.3 is 29.9 Å². The number of likely N-dealkylation sites (tertiary alicyclic amines) is 1. The number of rotatable bonds is 16. The zero-order chi connectivity index (χ0) is 38.2. The van der Waals surface area contributed by atoms with Crippen LogP contribution < -0.4 is 10.1 Å². The molecule has 3 aromatic rings. The number of ether oxygens (including phenoxy) is 1. The van der Waals surface area contributed by atoms with E-state index in [9.17, 15) is 24.3 Å². The highest BCUT2D eigenvalue weighted by Crippen LogP contribution is 2.27. The molecular formula is C43H55N5O6. The molecule has 0 unspecified atom stereocenters. The van der Waals surface area contributed by atoms with Crippen LogP contribution in [0.15, 0.2) is 78.9 Å². The van der Waals surface area contributed by atoms with Crippen molar-refractivity contribution in [3.63, 3.8) is 0 Å². The third-order valence-electron chi connectivity index (χ3n) is 11.1. The van der Waals surface area contributed by atoms with Crippen molar-refractivity contribution in [2.24, 2.45) is 5.92 Å². The number of carbonyl (C=O) groups excluding carboxylic acids is 4. The SMILES string of the molecule is CCOc1ccc(CCN2C(=O)C(=O)N([C@@H](CC(C)C)CN3CCC[C@H]3CN3C(=O)C(=O)NC[C@@H]3Cc3ccc(O)cc3)C[C@@H]2Cc2ccccc2)cc1. The molecule has 4 amide bonds. The maximum absolute atomic E-state index is 14.2. The van der Waals surface area contributed by atoms with Gasteiger partial charge in [-0.05, 0) is 98.9 Å². The third kappa shape index (κ3) is 9.60. The molecule has 2 N–H and O–H groups in total. The number of phenols is 1. The summed E-state index contributed by atoms with van der Waals surface area (Å²) in [4.78, 5) is 61.9. The van der Waals surface area contributed by atoms with Gasteiger partial charge in [0.2, 0.25) is 0 Å². The van der Waals surface area contributed by atoms with Crippen molar-refractivity contribution in [1.82, 2.24) is 24.9 Å². The Hall–Kier alpha value is -4.90. The van der Waals surface area contributed by atoms with Crippen LogP contribution in [0.4, 0.5) is 0 Å². The minimum Gasteiger partial charge on any atom is -0.508 e. The summed E-state index contributed by atoms with van der Waals surface area (Å²) in [5.41, 5.74) is 3.17. The second-order valence-corrected chi connectivity index (χ2v) is 15.4. The first kappa shape index (κ1) is 38.8. The number of hydrogen-bond donors (Lipinski definition) is 2. The van der Waals surface area contributed by atoms with Gasteiger partial charge in [-0.1, -0.05) is 68.4 Å². The maximum atomic E-state index is 14.2. The topological polar surface area (TPSA) is 123 Å². The van der Waals surface area contributed by atoms with Crippen LogP contribution in [0.2, 0.25) is 0 Å². The second kappa shape index (κ2) is 18.0. The van der Waals surface area contributed by atoms with Crippen molar-refractivity contribution in [2.75, 3.05) is 45.9 Å². The molecule has 0 aromatic heterocycles. The third-order valence-corrected chi connectivity index (χ3v) is 11.1. The molecule has 3 aromatic carbocycles. The first-order valence-corrected chi connectivity index (χ1v) is 19.6. The average molecular weight is 738 g/mol. The largest absolute Gasteiger partial charge is 0.508 e. The highest BCUT2D eigenvalue weighted by Gasteiger charge is 2.44. The van der Waals surface area contributed by atoms with Crippen LogP contribution >= 0.6 is 0 Å². The molecule has 11 heteroatoms. The Bertz CT molecular complexity index is 1730. The zero-order valence-corrected chi connectivity index (χ0v) is 31.9. The molecule has 3 aliphatic rings. The Labute approximate surface area is 319 Å². The monoisotopic (exact) mass is 737 g/mol. The van der Waals surface area contributed by atoms with Crippen LogP contribution in [0.3, 0.4) is 0 Å². The molecule has 288 valence electrons. The fourth-order valence-corrected chi connectivity index (χ4v) is 8.34. The number of phenolic OH excluding ortho intramolecular Hbond substituents is 1. The number of hydrogen-bond acceptors (Lipinski definition) is 7. The van der Waals surface area contributed by atoms with Gasteiger partial charge in [0.1, 0.15) is 11.5 Å². The van der Waals surface area contributed by atoms with Gasteiger partial charge in [0, 0.05) is 44.8 Å². The van der Waals surface area contributed by atoms with Crippen molar-refractivity contribution in [3.8, 4) is 11.5 Å². The lowest BCUT2D eigenvalue weighted by Crippen LogP contribution is -2.64. The molecule has 11 nitrogen and oxygen atoms in total. The number of benzene rings is 3. The van der Waals surface area contributed by atoms with Crippen molar-refractivity contribution in [3.05, 3.63) is 95.6 Å². The van der Waals surface area contributed by atoms with Crippen LogP contribution in [0.5, 0.6) is 11.5 Å². The zero-order valence-electron chi connectivity index (χ0n) is 31.9.